The number of ether oxygens (including phenoxy) is 1. The Bertz CT molecular complexity index is 910. The Labute approximate surface area is 169 Å². The summed E-state index contributed by atoms with van der Waals surface area (Å²) in [5.74, 6) is -1.68. The van der Waals surface area contributed by atoms with E-state index in [9.17, 15) is 13.6 Å². The Kier molecular flexibility index (Phi) is 8.40. The van der Waals surface area contributed by atoms with Crippen molar-refractivity contribution >= 4 is 5.97 Å². The smallest absolute Gasteiger partial charge is 0.358 e. The van der Waals surface area contributed by atoms with E-state index < -0.39 is 17.6 Å². The maximum atomic E-state index is 13.4. The van der Waals surface area contributed by atoms with E-state index in [1.165, 1.54) is 7.11 Å². The topological polar surface area (TPSA) is 57.0 Å². The van der Waals surface area contributed by atoms with Crippen molar-refractivity contribution in [1.82, 2.24) is 14.8 Å². The molecule has 27 heavy (non-hydrogen) atoms. The van der Waals surface area contributed by atoms with Crippen LogP contribution in [0.1, 0.15) is 21.7 Å². The minimum Gasteiger partial charge on any atom is -0.464 e. The van der Waals surface area contributed by atoms with Crippen LogP contribution in [0.15, 0.2) is 36.5 Å². The molecule has 0 aliphatic carbocycles. The fourth-order valence-electron chi connectivity index (χ4n) is 2.08. The molecule has 8 heteroatoms. The second kappa shape index (κ2) is 10.0. The summed E-state index contributed by atoms with van der Waals surface area (Å²) in [5, 5.41) is 3.92. The first kappa shape index (κ1) is 22.6. The number of hydrogen-bond donors (Lipinski definition) is 0. The standard InChI is InChI=1S/C12H8F2N.C7H10N2O2.Ir/c1-8-4-5-15-12(6-8)10-3-2-9(13)7-11(10)14;1-5-4-6(7(10)11-3)8-9(5)2;/h2,4-7H,1H3;4H,1-3H3;/q-1;;. The van der Waals surface area contributed by atoms with Gasteiger partial charge in [-0.05, 0) is 31.7 Å². The predicted molar refractivity (Wildman–Crippen MR) is 92.4 cm³/mol. The summed E-state index contributed by atoms with van der Waals surface area (Å²) in [7, 11) is 3.12. The second-order valence-corrected chi connectivity index (χ2v) is 5.55. The molecule has 0 aliphatic heterocycles. The average molecular weight is 551 g/mol. The van der Waals surface area contributed by atoms with Crippen LogP contribution in [0.2, 0.25) is 0 Å². The van der Waals surface area contributed by atoms with Crippen LogP contribution < -0.4 is 0 Å². The zero-order valence-corrected chi connectivity index (χ0v) is 17.6. The normalized spacial score (nSPS) is 9.70. The third-order valence-corrected chi connectivity index (χ3v) is 3.54. The van der Waals surface area contributed by atoms with E-state index in [0.29, 0.717) is 11.4 Å². The number of pyridine rings is 1. The first-order valence-electron chi connectivity index (χ1n) is 7.70. The summed E-state index contributed by atoms with van der Waals surface area (Å²) in [5.41, 5.74) is 2.92. The van der Waals surface area contributed by atoms with Gasteiger partial charge in [-0.3, -0.25) is 13.5 Å². The van der Waals surface area contributed by atoms with Crippen molar-refractivity contribution in [2.45, 2.75) is 13.8 Å². The number of halogens is 2. The van der Waals surface area contributed by atoms with Crippen LogP contribution in [0.25, 0.3) is 11.3 Å². The van der Waals surface area contributed by atoms with Gasteiger partial charge in [0, 0.05) is 50.7 Å². The van der Waals surface area contributed by atoms with Gasteiger partial charge in [0.05, 0.1) is 7.11 Å². The third kappa shape index (κ3) is 6.05. The van der Waals surface area contributed by atoms with Crippen molar-refractivity contribution in [3.05, 3.63) is 71.2 Å². The van der Waals surface area contributed by atoms with E-state index in [2.05, 4.69) is 20.9 Å². The molecule has 0 amide bonds. The van der Waals surface area contributed by atoms with Crippen molar-refractivity contribution in [2.24, 2.45) is 7.05 Å². The Balaban J connectivity index is 0.000000273. The molecule has 0 atom stereocenters. The second-order valence-electron chi connectivity index (χ2n) is 5.55. The maximum absolute atomic E-state index is 13.4. The molecule has 2 aromatic heterocycles. The molecule has 3 rings (SSSR count). The van der Waals surface area contributed by atoms with Crippen molar-refractivity contribution in [2.75, 3.05) is 7.11 Å². The van der Waals surface area contributed by atoms with Crippen molar-refractivity contribution in [3.63, 3.8) is 0 Å². The number of benzene rings is 1. The molecular weight excluding hydrogens is 532 g/mol. The summed E-state index contributed by atoms with van der Waals surface area (Å²) in [6.07, 6.45) is 1.58. The van der Waals surface area contributed by atoms with Crippen molar-refractivity contribution in [3.8, 4) is 11.3 Å². The quantitative estimate of drug-likeness (QED) is 0.361. The number of rotatable bonds is 2. The van der Waals surface area contributed by atoms with Gasteiger partial charge in [-0.1, -0.05) is 23.3 Å². The van der Waals surface area contributed by atoms with Gasteiger partial charge in [-0.25, -0.2) is 4.79 Å². The Morgan fingerprint density at radius 2 is 1.93 bits per heavy atom. The summed E-state index contributed by atoms with van der Waals surface area (Å²) in [6, 6.07) is 9.69. The molecule has 0 N–H and O–H groups in total. The fourth-order valence-corrected chi connectivity index (χ4v) is 2.08. The number of hydrogen-bond acceptors (Lipinski definition) is 4. The molecule has 2 heterocycles. The van der Waals surface area contributed by atoms with Gasteiger partial charge in [0.15, 0.2) is 5.69 Å². The third-order valence-electron chi connectivity index (χ3n) is 3.54. The Morgan fingerprint density at radius 1 is 1.22 bits per heavy atom. The molecule has 0 saturated heterocycles. The largest absolute Gasteiger partial charge is 0.464 e. The van der Waals surface area contributed by atoms with Crippen LogP contribution in [-0.2, 0) is 31.9 Å². The van der Waals surface area contributed by atoms with Crippen LogP contribution in [0.5, 0.6) is 0 Å². The Hall–Kier alpha value is -2.44. The minimum atomic E-state index is -0.645. The van der Waals surface area contributed by atoms with Gasteiger partial charge in [0.25, 0.3) is 0 Å². The van der Waals surface area contributed by atoms with Gasteiger partial charge in [-0.2, -0.15) is 5.10 Å². The number of carbonyl (C=O) groups is 1. The number of nitrogens with zero attached hydrogens (tertiary/aromatic N) is 3. The Morgan fingerprint density at radius 3 is 2.44 bits per heavy atom. The van der Waals surface area contributed by atoms with E-state index in [0.717, 1.165) is 23.4 Å². The summed E-state index contributed by atoms with van der Waals surface area (Å²) < 4.78 is 32.1. The van der Waals surface area contributed by atoms with Crippen LogP contribution in [0, 0.1) is 31.5 Å². The van der Waals surface area contributed by atoms with Gasteiger partial charge < -0.3 is 9.72 Å². The van der Waals surface area contributed by atoms with Gasteiger partial charge >= 0.3 is 5.97 Å². The molecule has 0 spiro atoms. The SMILES string of the molecule is COC(=O)c1cc(C)n(C)n1.Cc1ccnc(-c2[c-]cc(F)cc2F)c1.[Ir]. The first-order valence-corrected chi connectivity index (χ1v) is 7.70. The maximum Gasteiger partial charge on any atom is 0.358 e. The molecule has 0 saturated carbocycles. The number of methoxy groups -OCH3 is 1. The molecule has 5 nitrogen and oxygen atoms in total. The molecule has 1 radical (unpaired) electrons. The zero-order chi connectivity index (χ0) is 19.3. The monoisotopic (exact) mass is 551 g/mol. The minimum absolute atomic E-state index is 0. The van der Waals surface area contributed by atoms with Crippen molar-refractivity contribution in [1.29, 1.82) is 0 Å². The van der Waals surface area contributed by atoms with Gasteiger partial charge in [0.1, 0.15) is 0 Å². The predicted octanol–water partition coefficient (Wildman–Crippen LogP) is 3.65. The van der Waals surface area contributed by atoms with Gasteiger partial charge in [-0.15, -0.1) is 12.1 Å². The first-order chi connectivity index (χ1) is 12.3. The number of esters is 1. The van der Waals surface area contributed by atoms with E-state index >= 15 is 0 Å². The molecule has 0 unspecified atom stereocenters. The fraction of sp³-hybridized carbons (Fsp3) is 0.211. The van der Waals surface area contributed by atoms with Crippen LogP contribution in [0.3, 0.4) is 0 Å². The molecule has 0 bridgehead atoms. The summed E-state index contributed by atoms with van der Waals surface area (Å²) >= 11 is 0. The molecule has 0 aliphatic rings. The molecule has 0 fully saturated rings. The van der Waals surface area contributed by atoms with Crippen LogP contribution >= 0.6 is 0 Å². The number of aryl methyl sites for hydroxylation is 3. The number of aromatic nitrogens is 3. The van der Waals surface area contributed by atoms with E-state index in [4.69, 9.17) is 0 Å². The van der Waals surface area contributed by atoms with E-state index in [1.54, 1.807) is 30.1 Å². The molecular formula is C19H18F2IrN3O2-. The molecule has 145 valence electrons. The van der Waals surface area contributed by atoms with Crippen LogP contribution in [-0.4, -0.2) is 27.8 Å². The zero-order valence-electron chi connectivity index (χ0n) is 15.2. The average Bonchev–Trinajstić information content (AvgIpc) is 2.94. The van der Waals surface area contributed by atoms with Crippen molar-refractivity contribution < 1.29 is 38.4 Å². The van der Waals surface area contributed by atoms with Crippen LogP contribution in [0.4, 0.5) is 8.78 Å². The summed E-state index contributed by atoms with van der Waals surface area (Å²) in [4.78, 5) is 14.9. The van der Waals surface area contributed by atoms with E-state index in [-0.39, 0.29) is 25.7 Å². The summed E-state index contributed by atoms with van der Waals surface area (Å²) in [6.45, 7) is 3.76. The van der Waals surface area contributed by atoms with E-state index in [1.807, 2.05) is 19.9 Å². The van der Waals surface area contributed by atoms with Gasteiger partial charge in [0.2, 0.25) is 0 Å². The number of carbonyl (C=O) groups excluding carboxylic acids is 1. The molecule has 3 aromatic rings. The molecule has 1 aromatic carbocycles.